The topological polar surface area (TPSA) is 43.2 Å². The lowest BCUT2D eigenvalue weighted by molar-refractivity contribution is -0.962. The van der Waals surface area contributed by atoms with Gasteiger partial charge in [0.25, 0.3) is 0 Å². The molecule has 2 fully saturated rings. The maximum Gasteiger partial charge on any atom is 0.238 e. The van der Waals surface area contributed by atoms with Crippen molar-refractivity contribution in [1.82, 2.24) is 10.9 Å². The summed E-state index contributed by atoms with van der Waals surface area (Å²) in [5.41, 5.74) is 6.53. The van der Waals surface area contributed by atoms with Crippen LogP contribution in [0.3, 0.4) is 0 Å². The molecular formula is C8H18N3O+. The number of quaternary nitrogens is 1. The summed E-state index contributed by atoms with van der Waals surface area (Å²) < 4.78 is 6.63. The Hall–Kier alpha value is -0.160. The molecule has 0 radical (unpaired) electrons. The molecule has 2 unspecified atom stereocenters. The van der Waals surface area contributed by atoms with Crippen molar-refractivity contribution < 1.29 is 9.44 Å². The Kier molecular flexibility index (Phi) is 1.55. The van der Waals surface area contributed by atoms with Gasteiger partial charge in [-0.3, -0.25) is 0 Å². The minimum atomic E-state index is -0.0397. The summed E-state index contributed by atoms with van der Waals surface area (Å²) in [5, 5.41) is 0. The number of fused-ring (bicyclic) bond motifs is 1. The number of hydrogen-bond donors (Lipinski definition) is 2. The van der Waals surface area contributed by atoms with Gasteiger partial charge in [-0.15, -0.1) is 10.1 Å². The number of rotatable bonds is 2. The summed E-state index contributed by atoms with van der Waals surface area (Å²) in [4.78, 5) is 0. The molecule has 12 heavy (non-hydrogen) atoms. The molecule has 2 heterocycles. The first-order chi connectivity index (χ1) is 5.48. The Morgan fingerprint density at radius 3 is 2.50 bits per heavy atom. The number of nitrogens with one attached hydrogen (secondary N) is 2. The van der Waals surface area contributed by atoms with Crippen molar-refractivity contribution >= 4 is 0 Å². The second-order valence-electron chi connectivity index (χ2n) is 4.57. The minimum Gasteiger partial charge on any atom is -0.320 e. The van der Waals surface area contributed by atoms with Crippen LogP contribution in [0.15, 0.2) is 0 Å². The molecule has 4 nitrogen and oxygen atoms in total. The van der Waals surface area contributed by atoms with Crippen LogP contribution < -0.4 is 10.9 Å². The highest BCUT2D eigenvalue weighted by atomic mass is 16.6. The highest BCUT2D eigenvalue weighted by Gasteiger charge is 2.73. The molecule has 4 heteroatoms. The van der Waals surface area contributed by atoms with Gasteiger partial charge in [0.15, 0.2) is 0 Å². The summed E-state index contributed by atoms with van der Waals surface area (Å²) in [5.74, 6) is 0. The largest absolute Gasteiger partial charge is 0.320 e. The summed E-state index contributed by atoms with van der Waals surface area (Å²) in [6.07, 6.45) is 2.01. The molecule has 0 bridgehead atoms. The van der Waals surface area contributed by atoms with E-state index in [4.69, 9.17) is 4.74 Å². The fourth-order valence-corrected chi connectivity index (χ4v) is 1.84. The molecule has 0 aromatic rings. The van der Waals surface area contributed by atoms with Gasteiger partial charge >= 0.3 is 0 Å². The summed E-state index contributed by atoms with van der Waals surface area (Å²) in [6.45, 7) is 6.28. The summed E-state index contributed by atoms with van der Waals surface area (Å²) >= 11 is 0. The lowest BCUT2D eigenvalue weighted by Crippen LogP contribution is -2.60. The van der Waals surface area contributed by atoms with Crippen molar-refractivity contribution in [2.24, 2.45) is 0 Å². The molecule has 3 atom stereocenters. The second-order valence-corrected chi connectivity index (χ2v) is 4.57. The molecule has 70 valence electrons. The van der Waals surface area contributed by atoms with E-state index >= 15 is 0 Å². The SMILES string of the molecule is CN[N+]12N[C@@H]1CC2OC(C)(C)C. The first-order valence-electron chi connectivity index (χ1n) is 4.51. The van der Waals surface area contributed by atoms with Crippen LogP contribution in [0.5, 0.6) is 0 Å². The number of nitrogens with zero attached hydrogens (tertiary/aromatic N) is 1. The molecule has 2 saturated heterocycles. The van der Waals surface area contributed by atoms with Crippen LogP contribution in [0.2, 0.25) is 0 Å². The maximum atomic E-state index is 5.87. The van der Waals surface area contributed by atoms with Crippen LogP contribution in [0, 0.1) is 0 Å². The van der Waals surface area contributed by atoms with E-state index in [9.17, 15) is 0 Å². The molecule has 0 aliphatic carbocycles. The lowest BCUT2D eigenvalue weighted by atomic mass is 10.1. The molecule has 2 N–H and O–H groups in total. The maximum absolute atomic E-state index is 5.87. The molecular weight excluding hydrogens is 154 g/mol. The van der Waals surface area contributed by atoms with Gasteiger partial charge in [0.05, 0.1) is 5.60 Å². The van der Waals surface area contributed by atoms with Crippen molar-refractivity contribution in [2.75, 3.05) is 7.05 Å². The van der Waals surface area contributed by atoms with Crippen LogP contribution in [0.25, 0.3) is 0 Å². The van der Waals surface area contributed by atoms with Crippen LogP contribution in [-0.2, 0) is 4.74 Å². The van der Waals surface area contributed by atoms with E-state index in [1.54, 1.807) is 0 Å². The standard InChI is InChI=1S/C8H18N3O/c1-8(2,3)12-7-5-6-10-11(6,7)9-4/h6-7,9-10H,5H2,1-4H3/q+1/t6-,7?,11?/m0/s1. The number of ether oxygens (including phenoxy) is 1. The summed E-state index contributed by atoms with van der Waals surface area (Å²) in [7, 11) is 1.96. The highest BCUT2D eigenvalue weighted by molar-refractivity contribution is 4.79. The van der Waals surface area contributed by atoms with Gasteiger partial charge in [0.1, 0.15) is 6.42 Å². The van der Waals surface area contributed by atoms with Crippen LogP contribution in [0.1, 0.15) is 27.2 Å². The van der Waals surface area contributed by atoms with Crippen molar-refractivity contribution in [1.29, 1.82) is 0 Å². The zero-order valence-electron chi connectivity index (χ0n) is 8.22. The third-order valence-electron chi connectivity index (χ3n) is 2.53. The van der Waals surface area contributed by atoms with Crippen LogP contribution in [0.4, 0.5) is 0 Å². The Morgan fingerprint density at radius 2 is 2.17 bits per heavy atom. The first-order valence-corrected chi connectivity index (χ1v) is 4.51. The Bertz CT molecular complexity index is 197. The molecule has 2 aliphatic rings. The monoisotopic (exact) mass is 172 g/mol. The van der Waals surface area contributed by atoms with Gasteiger partial charge in [0, 0.05) is 7.05 Å². The fraction of sp³-hybridized carbons (Fsp3) is 1.00. The number of hydrogen-bond acceptors (Lipinski definition) is 3. The van der Waals surface area contributed by atoms with Gasteiger partial charge in [-0.05, 0) is 20.8 Å². The Morgan fingerprint density at radius 1 is 1.50 bits per heavy atom. The van der Waals surface area contributed by atoms with E-state index in [2.05, 4.69) is 31.6 Å². The third kappa shape index (κ3) is 1.07. The smallest absolute Gasteiger partial charge is 0.238 e. The molecule has 0 aromatic heterocycles. The van der Waals surface area contributed by atoms with Crippen molar-refractivity contribution in [2.45, 2.75) is 45.2 Å². The molecule has 0 amide bonds. The fourth-order valence-electron chi connectivity index (χ4n) is 1.84. The molecule has 0 saturated carbocycles. The van der Waals surface area contributed by atoms with E-state index in [0.717, 1.165) is 11.1 Å². The quantitative estimate of drug-likeness (QED) is 0.466. The first kappa shape index (κ1) is 8.44. The predicted molar refractivity (Wildman–Crippen MR) is 45.5 cm³/mol. The predicted octanol–water partition coefficient (Wildman–Crippen LogP) is 0.327. The summed E-state index contributed by atoms with van der Waals surface area (Å²) in [6, 6.07) is 0. The zero-order valence-corrected chi connectivity index (χ0v) is 8.22. The van der Waals surface area contributed by atoms with Gasteiger partial charge in [-0.1, -0.05) is 5.43 Å². The normalized spacial score (nSPS) is 45.0. The van der Waals surface area contributed by atoms with Crippen molar-refractivity contribution in [3.05, 3.63) is 0 Å². The Labute approximate surface area is 73.4 Å². The molecule has 0 spiro atoms. The van der Waals surface area contributed by atoms with E-state index in [-0.39, 0.29) is 5.60 Å². The average Bonchev–Trinajstić information content (AvgIpc) is 2.50. The van der Waals surface area contributed by atoms with E-state index < -0.39 is 0 Å². The van der Waals surface area contributed by atoms with Gasteiger partial charge in [-0.2, -0.15) is 0 Å². The van der Waals surface area contributed by atoms with Gasteiger partial charge < -0.3 is 4.74 Å². The molecule has 0 aromatic carbocycles. The van der Waals surface area contributed by atoms with E-state index in [1.807, 2.05) is 7.05 Å². The van der Waals surface area contributed by atoms with E-state index in [0.29, 0.717) is 12.4 Å². The van der Waals surface area contributed by atoms with E-state index in [1.165, 1.54) is 0 Å². The molecule has 2 aliphatic heterocycles. The van der Waals surface area contributed by atoms with Crippen molar-refractivity contribution in [3.8, 4) is 0 Å². The molecule has 2 rings (SSSR count). The zero-order chi connectivity index (χ0) is 8.98. The average molecular weight is 172 g/mol. The lowest BCUT2D eigenvalue weighted by Gasteiger charge is -2.35. The third-order valence-corrected chi connectivity index (χ3v) is 2.53. The van der Waals surface area contributed by atoms with Gasteiger partial charge in [-0.25, -0.2) is 0 Å². The van der Waals surface area contributed by atoms with Gasteiger partial charge in [0.2, 0.25) is 12.4 Å². The van der Waals surface area contributed by atoms with Crippen LogP contribution >= 0.6 is 0 Å². The van der Waals surface area contributed by atoms with Crippen LogP contribution in [-0.4, -0.2) is 29.7 Å². The van der Waals surface area contributed by atoms with Crippen molar-refractivity contribution in [3.63, 3.8) is 0 Å². The second kappa shape index (κ2) is 2.20. The minimum absolute atomic E-state index is 0.0397. The Balaban J connectivity index is 1.92. The highest BCUT2D eigenvalue weighted by Crippen LogP contribution is 2.43.